The van der Waals surface area contributed by atoms with Crippen LogP contribution in [0.2, 0.25) is 0 Å². The number of carbonyl (C=O) groups is 2. The highest BCUT2D eigenvalue weighted by atomic mass is 19.1. The van der Waals surface area contributed by atoms with Gasteiger partial charge >= 0.3 is 0 Å². The van der Waals surface area contributed by atoms with Crippen LogP contribution in [0.4, 0.5) is 13.2 Å². The summed E-state index contributed by atoms with van der Waals surface area (Å²) in [5.74, 6) is -2.80. The molecule has 2 amide bonds. The number of piperidine rings is 1. The third-order valence-corrected chi connectivity index (χ3v) is 6.41. The monoisotopic (exact) mass is 431 g/mol. The highest BCUT2D eigenvalue weighted by molar-refractivity contribution is 5.93. The molecule has 9 heteroatoms. The lowest BCUT2D eigenvalue weighted by Crippen LogP contribution is -2.51. The number of benzene rings is 1. The SMILES string of the molecule is O=C(c1ncccc1F)N1CCC2(CC1)OC1CCC(c3cc(F)cc(F)c3)N1C2=O. The summed E-state index contributed by atoms with van der Waals surface area (Å²) in [5.41, 5.74) is -0.910. The van der Waals surface area contributed by atoms with Gasteiger partial charge in [-0.3, -0.25) is 9.59 Å². The van der Waals surface area contributed by atoms with Crippen LogP contribution in [0.25, 0.3) is 0 Å². The minimum Gasteiger partial charge on any atom is -0.342 e. The van der Waals surface area contributed by atoms with Crippen LogP contribution in [0.5, 0.6) is 0 Å². The van der Waals surface area contributed by atoms with Gasteiger partial charge in [0, 0.05) is 38.2 Å². The summed E-state index contributed by atoms with van der Waals surface area (Å²) in [5, 5.41) is 0. The van der Waals surface area contributed by atoms with E-state index in [1.54, 1.807) is 4.90 Å². The van der Waals surface area contributed by atoms with Gasteiger partial charge in [0.15, 0.2) is 17.1 Å². The number of pyridine rings is 1. The molecule has 3 fully saturated rings. The number of rotatable bonds is 2. The average Bonchev–Trinajstić information content (AvgIpc) is 3.26. The number of ether oxygens (including phenoxy) is 1. The second kappa shape index (κ2) is 7.33. The van der Waals surface area contributed by atoms with Crippen molar-refractivity contribution in [2.45, 2.75) is 43.6 Å². The number of nitrogens with zero attached hydrogens (tertiary/aromatic N) is 3. The quantitative estimate of drug-likeness (QED) is 0.733. The molecular weight excluding hydrogens is 411 g/mol. The zero-order valence-electron chi connectivity index (χ0n) is 16.6. The fourth-order valence-electron chi connectivity index (χ4n) is 4.90. The maximum absolute atomic E-state index is 13.9. The van der Waals surface area contributed by atoms with E-state index < -0.39 is 41.2 Å². The van der Waals surface area contributed by atoms with Crippen molar-refractivity contribution in [2.24, 2.45) is 0 Å². The molecule has 1 aromatic heterocycles. The van der Waals surface area contributed by atoms with E-state index >= 15 is 0 Å². The van der Waals surface area contributed by atoms with Gasteiger partial charge < -0.3 is 14.5 Å². The number of likely N-dealkylation sites (tertiary alicyclic amines) is 1. The Morgan fingerprint density at radius 3 is 2.48 bits per heavy atom. The van der Waals surface area contributed by atoms with Crippen LogP contribution in [0.15, 0.2) is 36.5 Å². The first-order chi connectivity index (χ1) is 14.9. The van der Waals surface area contributed by atoms with Crippen LogP contribution in [-0.4, -0.2) is 51.5 Å². The van der Waals surface area contributed by atoms with Gasteiger partial charge in [-0.05, 0) is 42.7 Å². The van der Waals surface area contributed by atoms with E-state index in [0.717, 1.165) is 6.07 Å². The summed E-state index contributed by atoms with van der Waals surface area (Å²) >= 11 is 0. The van der Waals surface area contributed by atoms with Gasteiger partial charge in [0.25, 0.3) is 11.8 Å². The Bertz CT molecular complexity index is 1040. The fourth-order valence-corrected chi connectivity index (χ4v) is 4.90. The third-order valence-electron chi connectivity index (χ3n) is 6.41. The highest BCUT2D eigenvalue weighted by Crippen LogP contribution is 2.47. The van der Waals surface area contributed by atoms with E-state index in [-0.39, 0.29) is 37.5 Å². The standard InChI is InChI=1S/C22H20F3N3O3/c23-14-10-13(11-15(24)12-14)17-3-4-18-28(17)21(30)22(31-18)5-8-27(9-6-22)20(29)19-16(25)2-1-7-26-19/h1-2,7,10-12,17-18H,3-6,8-9H2. The molecule has 2 atom stereocenters. The first-order valence-corrected chi connectivity index (χ1v) is 10.2. The van der Waals surface area contributed by atoms with Gasteiger partial charge in [0.05, 0.1) is 6.04 Å². The molecule has 6 nitrogen and oxygen atoms in total. The number of aromatic nitrogens is 1. The van der Waals surface area contributed by atoms with Crippen molar-refractivity contribution in [2.75, 3.05) is 13.1 Å². The van der Waals surface area contributed by atoms with Crippen molar-refractivity contribution in [1.82, 2.24) is 14.8 Å². The molecule has 5 rings (SSSR count). The second-order valence-electron chi connectivity index (χ2n) is 8.20. The Hall–Kier alpha value is -2.94. The zero-order valence-corrected chi connectivity index (χ0v) is 16.6. The number of amides is 2. The number of carbonyl (C=O) groups excluding carboxylic acids is 2. The van der Waals surface area contributed by atoms with Gasteiger partial charge in [-0.25, -0.2) is 18.2 Å². The topological polar surface area (TPSA) is 62.7 Å². The molecule has 3 saturated heterocycles. The molecular formula is C22H20F3N3O3. The molecule has 0 aliphatic carbocycles. The Labute approximate surface area is 176 Å². The lowest BCUT2D eigenvalue weighted by molar-refractivity contribution is -0.142. The number of fused-ring (bicyclic) bond motifs is 1. The summed E-state index contributed by atoms with van der Waals surface area (Å²) in [6, 6.07) is 5.44. The molecule has 0 radical (unpaired) electrons. The van der Waals surface area contributed by atoms with E-state index in [2.05, 4.69) is 4.98 Å². The van der Waals surface area contributed by atoms with Crippen LogP contribution in [0.3, 0.4) is 0 Å². The Balaban J connectivity index is 1.32. The average molecular weight is 431 g/mol. The number of hydrogen-bond donors (Lipinski definition) is 0. The van der Waals surface area contributed by atoms with Crippen molar-refractivity contribution in [3.05, 3.63) is 65.2 Å². The van der Waals surface area contributed by atoms with Crippen molar-refractivity contribution in [1.29, 1.82) is 0 Å². The molecule has 4 heterocycles. The molecule has 0 N–H and O–H groups in total. The van der Waals surface area contributed by atoms with Crippen LogP contribution >= 0.6 is 0 Å². The highest BCUT2D eigenvalue weighted by Gasteiger charge is 2.58. The molecule has 1 spiro atoms. The van der Waals surface area contributed by atoms with Crippen LogP contribution in [0.1, 0.15) is 47.8 Å². The molecule has 3 aliphatic heterocycles. The van der Waals surface area contributed by atoms with E-state index in [9.17, 15) is 22.8 Å². The molecule has 2 unspecified atom stereocenters. The van der Waals surface area contributed by atoms with Gasteiger partial charge in [-0.1, -0.05) is 0 Å². The smallest absolute Gasteiger partial charge is 0.275 e. The minimum absolute atomic E-state index is 0.221. The predicted molar refractivity (Wildman–Crippen MR) is 102 cm³/mol. The van der Waals surface area contributed by atoms with Crippen LogP contribution < -0.4 is 0 Å². The van der Waals surface area contributed by atoms with Gasteiger partial charge in [0.2, 0.25) is 0 Å². The van der Waals surface area contributed by atoms with Crippen LogP contribution in [-0.2, 0) is 9.53 Å². The lowest BCUT2D eigenvalue weighted by Gasteiger charge is -2.37. The van der Waals surface area contributed by atoms with Crippen molar-refractivity contribution >= 4 is 11.8 Å². The minimum atomic E-state index is -1.07. The molecule has 162 valence electrons. The first kappa shape index (κ1) is 20.0. The summed E-state index contributed by atoms with van der Waals surface area (Å²) in [7, 11) is 0. The molecule has 3 aliphatic rings. The Morgan fingerprint density at radius 1 is 1.10 bits per heavy atom. The summed E-state index contributed by atoms with van der Waals surface area (Å²) in [6.07, 6.45) is 2.55. The predicted octanol–water partition coefficient (Wildman–Crippen LogP) is 3.19. The fraction of sp³-hybridized carbons (Fsp3) is 0.409. The summed E-state index contributed by atoms with van der Waals surface area (Å²) in [4.78, 5) is 32.9. The van der Waals surface area contributed by atoms with E-state index in [1.807, 2.05) is 0 Å². The zero-order chi connectivity index (χ0) is 21.8. The van der Waals surface area contributed by atoms with E-state index in [0.29, 0.717) is 18.4 Å². The molecule has 0 bridgehead atoms. The van der Waals surface area contributed by atoms with E-state index in [4.69, 9.17) is 4.74 Å². The van der Waals surface area contributed by atoms with Crippen molar-refractivity contribution in [3.8, 4) is 0 Å². The second-order valence-corrected chi connectivity index (χ2v) is 8.20. The molecule has 1 aromatic carbocycles. The first-order valence-electron chi connectivity index (χ1n) is 10.2. The van der Waals surface area contributed by atoms with E-state index in [1.165, 1.54) is 35.4 Å². The third kappa shape index (κ3) is 3.27. The van der Waals surface area contributed by atoms with Crippen molar-refractivity contribution in [3.63, 3.8) is 0 Å². The van der Waals surface area contributed by atoms with Gasteiger partial charge in [-0.2, -0.15) is 0 Å². The Kier molecular flexibility index (Phi) is 4.73. The normalized spacial score (nSPS) is 24.7. The number of halogens is 3. The summed E-state index contributed by atoms with van der Waals surface area (Å²) in [6.45, 7) is 0.445. The number of hydrogen-bond acceptors (Lipinski definition) is 4. The maximum atomic E-state index is 13.9. The lowest BCUT2D eigenvalue weighted by atomic mass is 9.89. The largest absolute Gasteiger partial charge is 0.342 e. The summed E-state index contributed by atoms with van der Waals surface area (Å²) < 4.78 is 47.5. The Morgan fingerprint density at radius 2 is 1.81 bits per heavy atom. The molecule has 0 saturated carbocycles. The van der Waals surface area contributed by atoms with Crippen LogP contribution in [0, 0.1) is 17.5 Å². The molecule has 31 heavy (non-hydrogen) atoms. The maximum Gasteiger partial charge on any atom is 0.275 e. The van der Waals surface area contributed by atoms with Crippen molar-refractivity contribution < 1.29 is 27.5 Å². The van der Waals surface area contributed by atoms with Gasteiger partial charge in [-0.15, -0.1) is 0 Å². The van der Waals surface area contributed by atoms with Gasteiger partial charge in [0.1, 0.15) is 17.9 Å². The molecule has 2 aromatic rings.